The van der Waals surface area contributed by atoms with Crippen LogP contribution in [-0.4, -0.2) is 47.8 Å². The Bertz CT molecular complexity index is 195. The molecule has 0 aliphatic carbocycles. The first-order valence-electron chi connectivity index (χ1n) is 4.48. The maximum Gasteiger partial charge on any atom is 0.307 e. The molecular weight excluding hydrogens is 170 g/mol. The van der Waals surface area contributed by atoms with E-state index in [0.29, 0.717) is 19.5 Å². The highest BCUT2D eigenvalue weighted by Gasteiger charge is 2.39. The Kier molecular flexibility index (Phi) is 2.93. The SMILES string of the molecule is COC(=O)CC(C)N1CC(C)(O)C1. The van der Waals surface area contributed by atoms with Crippen molar-refractivity contribution in [3.8, 4) is 0 Å². The zero-order chi connectivity index (χ0) is 10.1. The molecule has 76 valence electrons. The van der Waals surface area contributed by atoms with Crippen molar-refractivity contribution in [3.05, 3.63) is 0 Å². The van der Waals surface area contributed by atoms with E-state index >= 15 is 0 Å². The third-order valence-corrected chi connectivity index (χ3v) is 2.40. The van der Waals surface area contributed by atoms with E-state index in [2.05, 4.69) is 9.64 Å². The summed E-state index contributed by atoms with van der Waals surface area (Å²) in [4.78, 5) is 13.0. The lowest BCUT2D eigenvalue weighted by atomic mass is 9.94. The molecule has 1 unspecified atom stereocenters. The quantitative estimate of drug-likeness (QED) is 0.632. The Labute approximate surface area is 78.5 Å². The number of carbonyl (C=O) groups excluding carboxylic acids is 1. The Balaban J connectivity index is 2.27. The van der Waals surface area contributed by atoms with Crippen molar-refractivity contribution >= 4 is 5.97 Å². The number of ether oxygens (including phenoxy) is 1. The summed E-state index contributed by atoms with van der Waals surface area (Å²) in [6.45, 7) is 5.05. The molecule has 1 saturated heterocycles. The molecule has 13 heavy (non-hydrogen) atoms. The van der Waals surface area contributed by atoms with Gasteiger partial charge >= 0.3 is 5.97 Å². The monoisotopic (exact) mass is 187 g/mol. The van der Waals surface area contributed by atoms with Crippen LogP contribution >= 0.6 is 0 Å². The first kappa shape index (κ1) is 10.5. The highest BCUT2D eigenvalue weighted by atomic mass is 16.5. The number of β-amino-alcohol motifs (C(OH)–C–C–N with tert-alkyl or cyclic N) is 1. The molecule has 1 atom stereocenters. The molecule has 0 amide bonds. The molecular formula is C9H17NO3. The minimum Gasteiger partial charge on any atom is -0.469 e. The molecule has 0 aromatic carbocycles. The molecule has 4 nitrogen and oxygen atoms in total. The molecule has 0 aromatic heterocycles. The molecule has 1 heterocycles. The summed E-state index contributed by atoms with van der Waals surface area (Å²) < 4.78 is 4.56. The van der Waals surface area contributed by atoms with Gasteiger partial charge in [-0.05, 0) is 13.8 Å². The van der Waals surface area contributed by atoms with Crippen LogP contribution in [0.15, 0.2) is 0 Å². The van der Waals surface area contributed by atoms with Crippen LogP contribution in [0.2, 0.25) is 0 Å². The van der Waals surface area contributed by atoms with Crippen LogP contribution in [0.1, 0.15) is 20.3 Å². The molecule has 0 saturated carbocycles. The van der Waals surface area contributed by atoms with E-state index in [-0.39, 0.29) is 12.0 Å². The maximum atomic E-state index is 10.9. The van der Waals surface area contributed by atoms with Gasteiger partial charge in [-0.2, -0.15) is 0 Å². The van der Waals surface area contributed by atoms with Gasteiger partial charge in [0, 0.05) is 19.1 Å². The van der Waals surface area contributed by atoms with Crippen molar-refractivity contribution in [2.45, 2.75) is 31.9 Å². The third kappa shape index (κ3) is 2.67. The maximum absolute atomic E-state index is 10.9. The van der Waals surface area contributed by atoms with Crippen molar-refractivity contribution in [1.29, 1.82) is 0 Å². The highest BCUT2D eigenvalue weighted by molar-refractivity contribution is 5.69. The summed E-state index contributed by atoms with van der Waals surface area (Å²) in [6, 6.07) is 0.160. The molecule has 1 aliphatic rings. The number of nitrogens with zero attached hydrogens (tertiary/aromatic N) is 1. The Hall–Kier alpha value is -0.610. The topological polar surface area (TPSA) is 49.8 Å². The molecule has 1 rings (SSSR count). The van der Waals surface area contributed by atoms with Gasteiger partial charge in [-0.25, -0.2) is 0 Å². The van der Waals surface area contributed by atoms with Gasteiger partial charge in [0.1, 0.15) is 0 Å². The first-order chi connectivity index (χ1) is 5.94. The average Bonchev–Trinajstić information content (AvgIpc) is 1.99. The normalized spacial score (nSPS) is 23.4. The molecule has 0 bridgehead atoms. The van der Waals surface area contributed by atoms with Crippen molar-refractivity contribution < 1.29 is 14.6 Å². The van der Waals surface area contributed by atoms with E-state index in [1.165, 1.54) is 7.11 Å². The van der Waals surface area contributed by atoms with Crippen LogP contribution in [0.25, 0.3) is 0 Å². The molecule has 0 radical (unpaired) electrons. The minimum absolute atomic E-state index is 0.160. The molecule has 1 N–H and O–H groups in total. The van der Waals surface area contributed by atoms with Crippen LogP contribution in [-0.2, 0) is 9.53 Å². The molecule has 0 aromatic rings. The van der Waals surface area contributed by atoms with Crippen LogP contribution in [0.4, 0.5) is 0 Å². The lowest BCUT2D eigenvalue weighted by Crippen LogP contribution is -2.62. The fourth-order valence-electron chi connectivity index (χ4n) is 1.59. The van der Waals surface area contributed by atoms with Crippen LogP contribution in [0, 0.1) is 0 Å². The van der Waals surface area contributed by atoms with Gasteiger partial charge in [-0.1, -0.05) is 0 Å². The van der Waals surface area contributed by atoms with Crippen molar-refractivity contribution in [3.63, 3.8) is 0 Å². The standard InChI is InChI=1S/C9H17NO3/c1-7(4-8(11)13-3)10-5-9(2,12)6-10/h7,12H,4-6H2,1-3H3. The van der Waals surface area contributed by atoms with Gasteiger partial charge in [0.05, 0.1) is 19.1 Å². The van der Waals surface area contributed by atoms with Crippen LogP contribution in [0.5, 0.6) is 0 Å². The number of hydrogen-bond donors (Lipinski definition) is 1. The second kappa shape index (κ2) is 3.64. The number of likely N-dealkylation sites (tertiary alicyclic amines) is 1. The Morgan fingerprint density at radius 3 is 2.62 bits per heavy atom. The first-order valence-corrected chi connectivity index (χ1v) is 4.48. The fourth-order valence-corrected chi connectivity index (χ4v) is 1.59. The van der Waals surface area contributed by atoms with Crippen LogP contribution in [0.3, 0.4) is 0 Å². The van der Waals surface area contributed by atoms with E-state index in [1.807, 2.05) is 6.92 Å². The summed E-state index contributed by atoms with van der Waals surface area (Å²) in [5, 5.41) is 9.47. The van der Waals surface area contributed by atoms with Crippen molar-refractivity contribution in [1.82, 2.24) is 4.90 Å². The fraction of sp³-hybridized carbons (Fsp3) is 0.889. The van der Waals surface area contributed by atoms with Crippen molar-refractivity contribution in [2.75, 3.05) is 20.2 Å². The Morgan fingerprint density at radius 1 is 1.69 bits per heavy atom. The van der Waals surface area contributed by atoms with E-state index < -0.39 is 5.60 Å². The molecule has 4 heteroatoms. The number of aliphatic hydroxyl groups is 1. The lowest BCUT2D eigenvalue weighted by molar-refractivity contribution is -0.145. The van der Waals surface area contributed by atoms with Gasteiger partial charge in [-0.15, -0.1) is 0 Å². The minimum atomic E-state index is -0.565. The molecule has 1 aliphatic heterocycles. The number of hydrogen-bond acceptors (Lipinski definition) is 4. The second-order valence-electron chi connectivity index (χ2n) is 4.03. The van der Waals surface area contributed by atoms with Gasteiger partial charge in [-0.3, -0.25) is 9.69 Å². The number of esters is 1. The Morgan fingerprint density at radius 2 is 2.23 bits per heavy atom. The van der Waals surface area contributed by atoms with E-state index in [9.17, 15) is 9.90 Å². The molecule has 1 fully saturated rings. The largest absolute Gasteiger partial charge is 0.469 e. The van der Waals surface area contributed by atoms with E-state index in [4.69, 9.17) is 0 Å². The van der Waals surface area contributed by atoms with Crippen LogP contribution < -0.4 is 0 Å². The van der Waals surface area contributed by atoms with E-state index in [0.717, 1.165) is 0 Å². The third-order valence-electron chi connectivity index (χ3n) is 2.40. The van der Waals surface area contributed by atoms with Crippen molar-refractivity contribution in [2.24, 2.45) is 0 Å². The van der Waals surface area contributed by atoms with Gasteiger partial charge < -0.3 is 9.84 Å². The summed E-state index contributed by atoms with van der Waals surface area (Å²) in [5.74, 6) is -0.195. The zero-order valence-corrected chi connectivity index (χ0v) is 8.41. The number of carbonyl (C=O) groups is 1. The number of methoxy groups -OCH3 is 1. The van der Waals surface area contributed by atoms with Gasteiger partial charge in [0.15, 0.2) is 0 Å². The average molecular weight is 187 g/mol. The lowest BCUT2D eigenvalue weighted by Gasteiger charge is -2.47. The number of rotatable bonds is 3. The summed E-state index contributed by atoms with van der Waals surface area (Å²) >= 11 is 0. The predicted octanol–water partition coefficient (Wildman–Crippen LogP) is 0.00460. The summed E-state index contributed by atoms with van der Waals surface area (Å²) in [6.07, 6.45) is 0.395. The smallest absolute Gasteiger partial charge is 0.307 e. The predicted molar refractivity (Wildman–Crippen MR) is 48.3 cm³/mol. The summed E-state index contributed by atoms with van der Waals surface area (Å²) in [7, 11) is 1.39. The second-order valence-corrected chi connectivity index (χ2v) is 4.03. The highest BCUT2D eigenvalue weighted by Crippen LogP contribution is 2.23. The van der Waals surface area contributed by atoms with Gasteiger partial charge in [0.2, 0.25) is 0 Å². The van der Waals surface area contributed by atoms with Gasteiger partial charge in [0.25, 0.3) is 0 Å². The van der Waals surface area contributed by atoms with E-state index in [1.54, 1.807) is 6.92 Å². The summed E-state index contributed by atoms with van der Waals surface area (Å²) in [5.41, 5.74) is -0.565. The zero-order valence-electron chi connectivity index (χ0n) is 8.41. The molecule has 0 spiro atoms.